The second-order valence-corrected chi connectivity index (χ2v) is 4.86. The van der Waals surface area contributed by atoms with E-state index in [-0.39, 0.29) is 0 Å². The number of methoxy groups -OCH3 is 1. The van der Waals surface area contributed by atoms with E-state index < -0.39 is 61.0 Å². The van der Waals surface area contributed by atoms with Crippen molar-refractivity contribution >= 4 is 5.97 Å². The lowest BCUT2D eigenvalue weighted by Gasteiger charge is -2.39. The topological polar surface area (TPSA) is 35.5 Å². The third-order valence-electron chi connectivity index (χ3n) is 2.93. The summed E-state index contributed by atoms with van der Waals surface area (Å²) in [6, 6.07) is 0. The summed E-state index contributed by atoms with van der Waals surface area (Å²) in [4.78, 5) is 11.1. The molecule has 0 spiro atoms. The number of ether oxygens (including phenoxy) is 2. The van der Waals surface area contributed by atoms with Gasteiger partial charge in [0.15, 0.2) is 0 Å². The van der Waals surface area contributed by atoms with Gasteiger partial charge in [-0.05, 0) is 0 Å². The molecule has 0 heterocycles. The van der Waals surface area contributed by atoms with Crippen molar-refractivity contribution in [2.45, 2.75) is 36.3 Å². The first-order valence-corrected chi connectivity index (χ1v) is 6.28. The summed E-state index contributed by atoms with van der Waals surface area (Å²) in [5, 5.41) is 0. The van der Waals surface area contributed by atoms with Gasteiger partial charge < -0.3 is 9.47 Å². The Balaban J connectivity index is 5.48. The molecule has 0 aliphatic carbocycles. The van der Waals surface area contributed by atoms with Crippen LogP contribution in [0.4, 0.5) is 48.3 Å². The normalized spacial score (nSPS) is 14.3. The van der Waals surface area contributed by atoms with Gasteiger partial charge in [-0.25, -0.2) is 9.18 Å². The number of hydrogen-bond donors (Lipinski definition) is 0. The minimum atomic E-state index is -7.53. The third kappa shape index (κ3) is 4.38. The van der Waals surface area contributed by atoms with Gasteiger partial charge >= 0.3 is 35.8 Å². The van der Waals surface area contributed by atoms with Crippen LogP contribution in [0.15, 0.2) is 12.2 Å². The molecular weight excluding hydrogens is 401 g/mol. The average molecular weight is 412 g/mol. The van der Waals surface area contributed by atoms with Gasteiger partial charge in [-0.1, -0.05) is 6.58 Å². The maximum absolute atomic E-state index is 13.3. The minimum Gasteiger partial charge on any atom is -0.462 e. The molecule has 0 aromatic heterocycles. The number of carbonyl (C=O) groups excluding carboxylic acids is 1. The van der Waals surface area contributed by atoms with Crippen LogP contribution in [0.1, 0.15) is 6.42 Å². The molecule has 0 amide bonds. The van der Waals surface area contributed by atoms with Crippen molar-refractivity contribution < 1.29 is 62.6 Å². The van der Waals surface area contributed by atoms with Crippen molar-refractivity contribution in [3.63, 3.8) is 0 Å². The smallest absolute Gasteiger partial charge is 0.438 e. The van der Waals surface area contributed by atoms with Crippen LogP contribution in [0, 0.1) is 0 Å². The SMILES string of the molecule is C=C(COC)C(=O)OCCC(F)(F)C(F)(F)C(F)(C(F)(F)F)C(F)(F)F. The molecular formula is C12H11F11O3. The Kier molecular flexibility index (Phi) is 7.10. The predicted octanol–water partition coefficient (Wildman–Crippen LogP) is 4.23. The molecule has 0 saturated carbocycles. The van der Waals surface area contributed by atoms with E-state index in [2.05, 4.69) is 16.1 Å². The van der Waals surface area contributed by atoms with Crippen LogP contribution >= 0.6 is 0 Å². The molecule has 14 heteroatoms. The average Bonchev–Trinajstić information content (AvgIpc) is 2.43. The summed E-state index contributed by atoms with van der Waals surface area (Å²) in [5.41, 5.74) is -8.03. The van der Waals surface area contributed by atoms with Gasteiger partial charge in [0.25, 0.3) is 0 Å². The molecule has 0 aromatic carbocycles. The Morgan fingerprint density at radius 3 is 1.65 bits per heavy atom. The monoisotopic (exact) mass is 412 g/mol. The maximum Gasteiger partial charge on any atom is 0.438 e. The Hall–Kier alpha value is -1.60. The lowest BCUT2D eigenvalue weighted by molar-refractivity contribution is -0.427. The van der Waals surface area contributed by atoms with E-state index in [0.29, 0.717) is 0 Å². The summed E-state index contributed by atoms with van der Waals surface area (Å²) < 4.78 is 148. The van der Waals surface area contributed by atoms with Crippen molar-refractivity contribution in [1.29, 1.82) is 0 Å². The van der Waals surface area contributed by atoms with Crippen LogP contribution in [-0.2, 0) is 14.3 Å². The Bertz CT molecular complexity index is 507. The van der Waals surface area contributed by atoms with Gasteiger partial charge in [-0.15, -0.1) is 0 Å². The zero-order valence-corrected chi connectivity index (χ0v) is 12.7. The van der Waals surface area contributed by atoms with Crippen molar-refractivity contribution in [3.05, 3.63) is 12.2 Å². The number of rotatable bonds is 8. The van der Waals surface area contributed by atoms with Crippen LogP contribution in [-0.4, -0.2) is 56.2 Å². The molecule has 0 N–H and O–H groups in total. The molecule has 0 unspecified atom stereocenters. The molecule has 0 aromatic rings. The molecule has 3 nitrogen and oxygen atoms in total. The van der Waals surface area contributed by atoms with E-state index >= 15 is 0 Å². The lowest BCUT2D eigenvalue weighted by Crippen LogP contribution is -2.70. The molecule has 0 saturated heterocycles. The van der Waals surface area contributed by atoms with E-state index in [1.807, 2.05) is 0 Å². The lowest BCUT2D eigenvalue weighted by atomic mass is 9.89. The van der Waals surface area contributed by atoms with E-state index in [4.69, 9.17) is 0 Å². The summed E-state index contributed by atoms with van der Waals surface area (Å²) in [7, 11) is 1.07. The highest BCUT2D eigenvalue weighted by Crippen LogP contribution is 2.59. The van der Waals surface area contributed by atoms with Crippen LogP contribution in [0.2, 0.25) is 0 Å². The molecule has 0 radical (unpaired) electrons. The van der Waals surface area contributed by atoms with Crippen LogP contribution in [0.3, 0.4) is 0 Å². The summed E-state index contributed by atoms with van der Waals surface area (Å²) in [6.07, 6.45) is -17.3. The van der Waals surface area contributed by atoms with E-state index in [1.165, 1.54) is 0 Å². The zero-order chi connectivity index (χ0) is 21.2. The highest BCUT2D eigenvalue weighted by molar-refractivity contribution is 5.87. The minimum absolute atomic E-state index is 0.485. The van der Waals surface area contributed by atoms with Crippen LogP contribution in [0.25, 0.3) is 0 Å². The number of hydrogen-bond acceptors (Lipinski definition) is 3. The van der Waals surface area contributed by atoms with Crippen molar-refractivity contribution in [1.82, 2.24) is 0 Å². The molecule has 26 heavy (non-hydrogen) atoms. The van der Waals surface area contributed by atoms with E-state index in [1.54, 1.807) is 0 Å². The fraction of sp³-hybridized carbons (Fsp3) is 0.750. The van der Waals surface area contributed by atoms with Crippen molar-refractivity contribution in [2.75, 3.05) is 20.3 Å². The third-order valence-corrected chi connectivity index (χ3v) is 2.93. The van der Waals surface area contributed by atoms with Crippen LogP contribution < -0.4 is 0 Å². The van der Waals surface area contributed by atoms with E-state index in [9.17, 15) is 53.1 Å². The highest BCUT2D eigenvalue weighted by atomic mass is 19.4. The standard InChI is InChI=1S/C12H11F11O3/c1-6(5-25-2)7(24)26-4-3-8(13,14)10(16,17)9(15,11(18,19)20)12(21,22)23/h1,3-5H2,2H3. The van der Waals surface area contributed by atoms with Gasteiger partial charge in [0.1, 0.15) is 0 Å². The first-order valence-electron chi connectivity index (χ1n) is 6.28. The fourth-order valence-electron chi connectivity index (χ4n) is 1.53. The first kappa shape index (κ1) is 24.4. The Morgan fingerprint density at radius 1 is 0.885 bits per heavy atom. The summed E-state index contributed by atoms with van der Waals surface area (Å²) in [6.45, 7) is 0.794. The summed E-state index contributed by atoms with van der Waals surface area (Å²) in [5.74, 6) is -14.9. The van der Waals surface area contributed by atoms with Crippen molar-refractivity contribution in [2.24, 2.45) is 0 Å². The highest BCUT2D eigenvalue weighted by Gasteiger charge is 2.89. The zero-order valence-electron chi connectivity index (χ0n) is 12.7. The largest absolute Gasteiger partial charge is 0.462 e. The number of esters is 1. The second kappa shape index (κ2) is 7.56. The molecule has 154 valence electrons. The molecule has 0 rings (SSSR count). The molecule has 0 aliphatic rings. The van der Waals surface area contributed by atoms with Gasteiger partial charge in [0.05, 0.1) is 25.2 Å². The molecule has 0 fully saturated rings. The number of carbonyl (C=O) groups is 1. The Labute approximate surface area is 138 Å². The molecule has 0 bridgehead atoms. The van der Waals surface area contributed by atoms with Gasteiger partial charge in [-0.3, -0.25) is 0 Å². The van der Waals surface area contributed by atoms with E-state index in [0.717, 1.165) is 7.11 Å². The quantitative estimate of drug-likeness (QED) is 0.340. The summed E-state index contributed by atoms with van der Waals surface area (Å²) >= 11 is 0. The second-order valence-electron chi connectivity index (χ2n) is 4.86. The first-order chi connectivity index (χ1) is 11.4. The fourth-order valence-corrected chi connectivity index (χ4v) is 1.53. The van der Waals surface area contributed by atoms with Gasteiger partial charge in [0.2, 0.25) is 0 Å². The molecule has 0 aliphatic heterocycles. The number of alkyl halides is 11. The van der Waals surface area contributed by atoms with Crippen LogP contribution in [0.5, 0.6) is 0 Å². The molecule has 0 atom stereocenters. The maximum atomic E-state index is 13.3. The predicted molar refractivity (Wildman–Crippen MR) is 62.4 cm³/mol. The van der Waals surface area contributed by atoms with Crippen molar-refractivity contribution in [3.8, 4) is 0 Å². The Morgan fingerprint density at radius 2 is 1.31 bits per heavy atom. The van der Waals surface area contributed by atoms with Gasteiger partial charge in [-0.2, -0.15) is 43.9 Å². The number of halogens is 11. The van der Waals surface area contributed by atoms with Gasteiger partial charge in [0, 0.05) is 7.11 Å².